The zero-order valence-corrected chi connectivity index (χ0v) is 18.0. The average Bonchev–Trinajstić information content (AvgIpc) is 2.80. The predicted octanol–water partition coefficient (Wildman–Crippen LogP) is 5.01. The monoisotopic (exact) mass is 416 g/mol. The number of fused-ring (bicyclic) bond motifs is 4. The van der Waals surface area contributed by atoms with E-state index in [9.17, 15) is 5.11 Å². The summed E-state index contributed by atoms with van der Waals surface area (Å²) in [6.45, 7) is 0. The van der Waals surface area contributed by atoms with Crippen molar-refractivity contribution >= 4 is 21.5 Å². The Morgan fingerprint density at radius 1 is 0.548 bits per heavy atom. The Hall–Kier alpha value is -3.44. The van der Waals surface area contributed by atoms with Gasteiger partial charge in [0.25, 0.3) is 0 Å². The van der Waals surface area contributed by atoms with Gasteiger partial charge in [-0.05, 0) is 86.6 Å². The molecule has 4 aromatic rings. The number of rotatable bonds is 4. The van der Waals surface area contributed by atoms with Crippen LogP contribution in [0.4, 0.5) is 0 Å². The molecule has 5 heteroatoms. The molecule has 31 heavy (non-hydrogen) atoms. The third kappa shape index (κ3) is 3.04. The van der Waals surface area contributed by atoms with Gasteiger partial charge in [-0.3, -0.25) is 0 Å². The molecule has 4 aromatic carbocycles. The van der Waals surface area contributed by atoms with Gasteiger partial charge < -0.3 is 24.1 Å². The van der Waals surface area contributed by atoms with Crippen LogP contribution in [0.25, 0.3) is 21.5 Å². The molecule has 0 unspecified atom stereocenters. The summed E-state index contributed by atoms with van der Waals surface area (Å²) in [5.41, 5.74) is 4.07. The lowest BCUT2D eigenvalue weighted by molar-refractivity contribution is 0.216. The van der Waals surface area contributed by atoms with Crippen molar-refractivity contribution in [3.8, 4) is 23.0 Å². The molecule has 5 nitrogen and oxygen atoms in total. The van der Waals surface area contributed by atoms with Crippen LogP contribution in [0, 0.1) is 0 Å². The maximum absolute atomic E-state index is 11.3. The molecule has 0 aliphatic heterocycles. The van der Waals surface area contributed by atoms with Crippen LogP contribution in [0.3, 0.4) is 0 Å². The summed E-state index contributed by atoms with van der Waals surface area (Å²) < 4.78 is 21.8. The lowest BCUT2D eigenvalue weighted by atomic mass is 9.81. The molecule has 0 atom stereocenters. The van der Waals surface area contributed by atoms with E-state index < -0.39 is 6.10 Å². The predicted molar refractivity (Wildman–Crippen MR) is 121 cm³/mol. The SMILES string of the molecule is COc1cc2cc3c(cc2cc1OC)C(O)c1cc2cc(OC)c(OC)cc2cc1C3. The van der Waals surface area contributed by atoms with E-state index in [1.54, 1.807) is 28.4 Å². The van der Waals surface area contributed by atoms with E-state index in [0.29, 0.717) is 23.0 Å². The van der Waals surface area contributed by atoms with E-state index in [0.717, 1.165) is 50.2 Å². The van der Waals surface area contributed by atoms with E-state index in [1.165, 1.54) is 0 Å². The number of methoxy groups -OCH3 is 4. The third-order valence-corrected chi connectivity index (χ3v) is 6.17. The summed E-state index contributed by atoms with van der Waals surface area (Å²) >= 11 is 0. The van der Waals surface area contributed by atoms with Crippen LogP contribution in [-0.4, -0.2) is 33.5 Å². The number of aliphatic hydroxyl groups excluding tert-OH is 1. The molecule has 0 heterocycles. The molecule has 1 aliphatic rings. The quantitative estimate of drug-likeness (QED) is 0.507. The second-order valence-corrected chi connectivity index (χ2v) is 7.79. The van der Waals surface area contributed by atoms with E-state index in [4.69, 9.17) is 18.9 Å². The van der Waals surface area contributed by atoms with Crippen molar-refractivity contribution in [2.24, 2.45) is 0 Å². The molecule has 1 aliphatic carbocycles. The van der Waals surface area contributed by atoms with Crippen LogP contribution in [-0.2, 0) is 6.42 Å². The Balaban J connectivity index is 1.67. The van der Waals surface area contributed by atoms with Gasteiger partial charge in [-0.25, -0.2) is 0 Å². The minimum atomic E-state index is -0.700. The smallest absolute Gasteiger partial charge is 0.161 e. The van der Waals surface area contributed by atoms with Crippen molar-refractivity contribution in [1.29, 1.82) is 0 Å². The first-order valence-electron chi connectivity index (χ1n) is 10.1. The summed E-state index contributed by atoms with van der Waals surface area (Å²) in [6.07, 6.45) is 0.0461. The van der Waals surface area contributed by atoms with Crippen LogP contribution >= 0.6 is 0 Å². The number of hydrogen-bond donors (Lipinski definition) is 1. The molecule has 0 amide bonds. The van der Waals surface area contributed by atoms with Crippen molar-refractivity contribution in [3.05, 3.63) is 70.8 Å². The highest BCUT2D eigenvalue weighted by molar-refractivity contribution is 5.90. The molecule has 158 valence electrons. The highest BCUT2D eigenvalue weighted by Gasteiger charge is 2.25. The highest BCUT2D eigenvalue weighted by atomic mass is 16.5. The van der Waals surface area contributed by atoms with Crippen LogP contribution in [0.5, 0.6) is 23.0 Å². The molecule has 0 bridgehead atoms. The fraction of sp³-hybridized carbons (Fsp3) is 0.231. The van der Waals surface area contributed by atoms with Crippen molar-refractivity contribution in [3.63, 3.8) is 0 Å². The highest BCUT2D eigenvalue weighted by Crippen LogP contribution is 2.42. The van der Waals surface area contributed by atoms with E-state index in [-0.39, 0.29) is 0 Å². The van der Waals surface area contributed by atoms with E-state index >= 15 is 0 Å². The molecule has 0 radical (unpaired) electrons. The minimum absolute atomic E-state index is 0.674. The van der Waals surface area contributed by atoms with Gasteiger partial charge >= 0.3 is 0 Å². The van der Waals surface area contributed by atoms with Gasteiger partial charge in [0.1, 0.15) is 6.10 Å². The van der Waals surface area contributed by atoms with Gasteiger partial charge in [-0.1, -0.05) is 12.1 Å². The summed E-state index contributed by atoms with van der Waals surface area (Å²) in [5, 5.41) is 15.4. The molecule has 0 spiro atoms. The zero-order chi connectivity index (χ0) is 21.7. The maximum atomic E-state index is 11.3. The van der Waals surface area contributed by atoms with Crippen LogP contribution in [0.2, 0.25) is 0 Å². The first kappa shape index (κ1) is 19.5. The average molecular weight is 416 g/mol. The zero-order valence-electron chi connectivity index (χ0n) is 18.0. The Kier molecular flexibility index (Phi) is 4.63. The fourth-order valence-corrected chi connectivity index (χ4v) is 4.57. The van der Waals surface area contributed by atoms with Gasteiger partial charge in [0.05, 0.1) is 28.4 Å². The van der Waals surface area contributed by atoms with Crippen molar-refractivity contribution in [1.82, 2.24) is 0 Å². The molecule has 5 rings (SSSR count). The Bertz CT molecular complexity index is 1220. The molecule has 0 saturated heterocycles. The summed E-state index contributed by atoms with van der Waals surface area (Å²) in [5.74, 6) is 2.73. The van der Waals surface area contributed by atoms with Crippen LogP contribution in [0.1, 0.15) is 28.4 Å². The number of aliphatic hydroxyl groups is 1. The molecule has 0 saturated carbocycles. The standard InChI is InChI=1S/C26H24O5/c1-28-22-10-14-5-18-7-19-6-15-11-23(29-2)25(31-4)13-17(15)9-21(19)26(27)20(18)8-16(14)12-24(22)30-3/h5-6,8-13,26-27H,7H2,1-4H3. The largest absolute Gasteiger partial charge is 0.493 e. The Morgan fingerprint density at radius 2 is 0.871 bits per heavy atom. The number of benzene rings is 4. The van der Waals surface area contributed by atoms with Crippen LogP contribution in [0.15, 0.2) is 48.5 Å². The van der Waals surface area contributed by atoms with Crippen molar-refractivity contribution in [2.45, 2.75) is 12.5 Å². The minimum Gasteiger partial charge on any atom is -0.493 e. The topological polar surface area (TPSA) is 57.2 Å². The van der Waals surface area contributed by atoms with Gasteiger partial charge in [-0.2, -0.15) is 0 Å². The molecule has 0 aromatic heterocycles. The molecule has 0 fully saturated rings. The second kappa shape index (κ2) is 7.36. The van der Waals surface area contributed by atoms with Gasteiger partial charge in [0.2, 0.25) is 0 Å². The summed E-state index contributed by atoms with van der Waals surface area (Å²) in [4.78, 5) is 0. The van der Waals surface area contributed by atoms with E-state index in [1.807, 2.05) is 24.3 Å². The lowest BCUT2D eigenvalue weighted by Gasteiger charge is -2.26. The molecular formula is C26H24O5. The van der Waals surface area contributed by atoms with Crippen LogP contribution < -0.4 is 18.9 Å². The fourth-order valence-electron chi connectivity index (χ4n) is 4.57. The second-order valence-electron chi connectivity index (χ2n) is 7.79. The van der Waals surface area contributed by atoms with Gasteiger partial charge in [0, 0.05) is 0 Å². The summed E-state index contributed by atoms with van der Waals surface area (Å²) in [6, 6.07) is 16.2. The van der Waals surface area contributed by atoms with E-state index in [2.05, 4.69) is 24.3 Å². The maximum Gasteiger partial charge on any atom is 0.161 e. The van der Waals surface area contributed by atoms with Crippen molar-refractivity contribution in [2.75, 3.05) is 28.4 Å². The number of hydrogen-bond acceptors (Lipinski definition) is 5. The lowest BCUT2D eigenvalue weighted by Crippen LogP contribution is -2.13. The normalized spacial score (nSPS) is 13.1. The van der Waals surface area contributed by atoms with Gasteiger partial charge in [-0.15, -0.1) is 0 Å². The molecular weight excluding hydrogens is 392 g/mol. The summed E-state index contributed by atoms with van der Waals surface area (Å²) in [7, 11) is 6.52. The Morgan fingerprint density at radius 3 is 1.19 bits per heavy atom. The van der Waals surface area contributed by atoms with Crippen molar-refractivity contribution < 1.29 is 24.1 Å². The van der Waals surface area contributed by atoms with Gasteiger partial charge in [0.15, 0.2) is 23.0 Å². The first-order chi connectivity index (χ1) is 15.1. The third-order valence-electron chi connectivity index (χ3n) is 6.17. The molecule has 1 N–H and O–H groups in total. The first-order valence-corrected chi connectivity index (χ1v) is 10.1. The Labute approximate surface area is 180 Å². The number of ether oxygens (including phenoxy) is 4.